The number of methoxy groups -OCH3 is 2. The van der Waals surface area contributed by atoms with Crippen LogP contribution in [-0.2, 0) is 33.4 Å². The second-order valence-corrected chi connectivity index (χ2v) is 15.5. The highest BCUT2D eigenvalue weighted by molar-refractivity contribution is 6.23. The molecule has 3 aliphatic rings. The van der Waals surface area contributed by atoms with E-state index in [-0.39, 0.29) is 57.2 Å². The van der Waals surface area contributed by atoms with Gasteiger partial charge in [0, 0.05) is 74.7 Å². The van der Waals surface area contributed by atoms with Gasteiger partial charge in [-0.05, 0) is 26.8 Å². The molecule has 0 saturated carbocycles. The number of ketones is 1. The molecule has 59 heavy (non-hydrogen) atoms. The largest absolute Gasteiger partial charge is 0.507 e. The number of esters is 1. The average Bonchev–Trinajstić information content (AvgIpc) is 3.46. The summed E-state index contributed by atoms with van der Waals surface area (Å²) in [5, 5.41) is 64.0. The van der Waals surface area contributed by atoms with Crippen molar-refractivity contribution in [3.8, 4) is 23.0 Å². The third-order valence-electron chi connectivity index (χ3n) is 11.3. The number of phenols is 3. The van der Waals surface area contributed by atoms with Crippen molar-refractivity contribution in [3.63, 3.8) is 0 Å². The van der Waals surface area contributed by atoms with Crippen molar-refractivity contribution in [2.75, 3.05) is 26.1 Å². The number of oxime groups is 1. The first-order valence-corrected chi connectivity index (χ1v) is 19.5. The van der Waals surface area contributed by atoms with E-state index in [0.29, 0.717) is 6.42 Å². The number of amides is 1. The second kappa shape index (κ2) is 19.3. The van der Waals surface area contributed by atoms with Gasteiger partial charge in [-0.25, -0.2) is 0 Å². The number of carbonyl (C=O) groups is 3. The molecule has 0 radical (unpaired) electrons. The zero-order chi connectivity index (χ0) is 44.1. The number of anilines is 1. The minimum atomic E-state index is -2.07. The van der Waals surface area contributed by atoms with Crippen molar-refractivity contribution in [2.24, 2.45) is 28.8 Å². The molecule has 324 valence electrons. The molecule has 2 aromatic carbocycles. The topological polar surface area (TPSA) is 232 Å². The second-order valence-electron chi connectivity index (χ2n) is 15.5. The Morgan fingerprint density at radius 3 is 2.29 bits per heavy atom. The van der Waals surface area contributed by atoms with Gasteiger partial charge in [0.1, 0.15) is 30.0 Å². The molecule has 1 unspecified atom stereocenters. The number of carbonyl (C=O) groups excluding carboxylic acids is 3. The number of benzene rings is 2. The van der Waals surface area contributed by atoms with Crippen LogP contribution in [0.3, 0.4) is 0 Å². The lowest BCUT2D eigenvalue weighted by molar-refractivity contribution is -0.160. The van der Waals surface area contributed by atoms with E-state index in [0.717, 1.165) is 6.21 Å². The fraction of sp³-hybridized carbons (Fsp3) is 0.535. The summed E-state index contributed by atoms with van der Waals surface area (Å²) in [6.45, 7) is 14.3. The third-order valence-corrected chi connectivity index (χ3v) is 11.3. The molecule has 3 aliphatic heterocycles. The van der Waals surface area contributed by atoms with Crippen molar-refractivity contribution in [1.29, 1.82) is 0 Å². The predicted octanol–water partition coefficient (Wildman–Crippen LogP) is 5.53. The highest BCUT2D eigenvalue weighted by Crippen LogP contribution is 2.55. The SMILES string of the molecule is COC(C)CCO/N=C/c1c2c(O)c3c(O)c(C)c4c(c3c1O)C(=O)[C@@](C)(O/C=C/[C@H](OC)[C@@H](C)[C@@H](OC(C)=O)[C@H](C)[C@H](O)[C@H](C)[C@@H](O)[C@@H](C)/C=C/C=C(/C)C(=O)N2)O4. The number of allylic oxidation sites excluding steroid dienone is 2. The summed E-state index contributed by atoms with van der Waals surface area (Å²) in [7, 11) is 2.97. The van der Waals surface area contributed by atoms with Gasteiger partial charge in [0.25, 0.3) is 11.7 Å². The van der Waals surface area contributed by atoms with Gasteiger partial charge in [0.15, 0.2) is 5.75 Å². The van der Waals surface area contributed by atoms with Gasteiger partial charge >= 0.3 is 11.8 Å². The number of hydrogen-bond donors (Lipinski definition) is 6. The van der Waals surface area contributed by atoms with Crippen molar-refractivity contribution in [3.05, 3.63) is 52.8 Å². The number of phenolic OH excluding ortho intramolecular Hbond substituents is 3. The summed E-state index contributed by atoms with van der Waals surface area (Å²) in [5.74, 6) is -8.73. The zero-order valence-electron chi connectivity index (χ0n) is 35.4. The number of aliphatic hydroxyl groups is 2. The molecule has 5 bridgehead atoms. The minimum Gasteiger partial charge on any atom is -0.507 e. The smallest absolute Gasteiger partial charge is 0.312 e. The predicted molar refractivity (Wildman–Crippen MR) is 218 cm³/mol. The summed E-state index contributed by atoms with van der Waals surface area (Å²) < 4.78 is 28.7. The van der Waals surface area contributed by atoms with Crippen LogP contribution >= 0.6 is 0 Å². The van der Waals surface area contributed by atoms with Crippen LogP contribution in [0.2, 0.25) is 0 Å². The maximum absolute atomic E-state index is 14.4. The highest BCUT2D eigenvalue weighted by atomic mass is 16.7. The Bertz CT molecular complexity index is 2020. The first-order chi connectivity index (χ1) is 27.7. The van der Waals surface area contributed by atoms with Crippen LogP contribution in [0.25, 0.3) is 10.8 Å². The van der Waals surface area contributed by atoms with Gasteiger partial charge in [-0.2, -0.15) is 0 Å². The van der Waals surface area contributed by atoms with Gasteiger partial charge in [-0.1, -0.05) is 51.1 Å². The summed E-state index contributed by atoms with van der Waals surface area (Å²) in [5.41, 5.74) is -0.670. The summed E-state index contributed by atoms with van der Waals surface area (Å²) >= 11 is 0. The molecule has 0 aromatic heterocycles. The minimum absolute atomic E-state index is 0.0265. The number of nitrogens with zero attached hydrogens (tertiary/aromatic N) is 1. The van der Waals surface area contributed by atoms with Crippen LogP contribution in [0.15, 0.2) is 41.3 Å². The molecule has 5 rings (SSSR count). The highest BCUT2D eigenvalue weighted by Gasteiger charge is 2.50. The van der Waals surface area contributed by atoms with E-state index in [2.05, 4.69) is 10.5 Å². The lowest BCUT2D eigenvalue weighted by Gasteiger charge is -2.38. The van der Waals surface area contributed by atoms with Crippen LogP contribution < -0.4 is 10.1 Å². The van der Waals surface area contributed by atoms with Crippen molar-refractivity contribution < 1.29 is 68.4 Å². The number of rotatable bonds is 8. The Labute approximate surface area is 344 Å². The van der Waals surface area contributed by atoms with Crippen LogP contribution in [-0.4, -0.2) is 107 Å². The maximum atomic E-state index is 14.4. The van der Waals surface area contributed by atoms with Crippen molar-refractivity contribution in [2.45, 2.75) is 105 Å². The van der Waals surface area contributed by atoms with E-state index in [1.165, 1.54) is 53.2 Å². The Balaban J connectivity index is 1.95. The van der Waals surface area contributed by atoms with E-state index in [4.69, 9.17) is 28.5 Å². The number of fused-ring (bicyclic) bond motifs is 14. The molecule has 0 spiro atoms. The molecule has 16 heteroatoms. The number of Topliss-reactive ketones (excluding diaryl/α,β-unsaturated/α-hetero) is 1. The summed E-state index contributed by atoms with van der Waals surface area (Å²) in [4.78, 5) is 45.7. The Hall–Kier alpha value is -5.16. The van der Waals surface area contributed by atoms with Crippen molar-refractivity contribution >= 4 is 40.3 Å². The van der Waals surface area contributed by atoms with Crippen LogP contribution in [0.5, 0.6) is 23.0 Å². The van der Waals surface area contributed by atoms with E-state index in [9.17, 15) is 39.9 Å². The molecule has 0 fully saturated rings. The van der Waals surface area contributed by atoms with Crippen LogP contribution in [0.1, 0.15) is 83.3 Å². The lowest BCUT2D eigenvalue weighted by Crippen LogP contribution is -2.46. The fourth-order valence-corrected chi connectivity index (χ4v) is 7.35. The molecule has 6 N–H and O–H groups in total. The first-order valence-electron chi connectivity index (χ1n) is 19.5. The first kappa shape index (κ1) is 46.5. The molecule has 2 aromatic rings. The fourth-order valence-electron chi connectivity index (χ4n) is 7.35. The number of aliphatic hydroxyl groups excluding tert-OH is 2. The van der Waals surface area contributed by atoms with Crippen LogP contribution in [0.4, 0.5) is 5.69 Å². The third kappa shape index (κ3) is 9.67. The van der Waals surface area contributed by atoms with Crippen LogP contribution in [0, 0.1) is 30.6 Å². The molecule has 1 amide bonds. The van der Waals surface area contributed by atoms with E-state index in [1.807, 2.05) is 6.92 Å². The Morgan fingerprint density at radius 1 is 0.983 bits per heavy atom. The molecule has 3 heterocycles. The standard InChI is InChI=1S/C43H58N2O14/c1-20-13-12-14-21(2)42(53)45-33-28(19-44-57-18-15-22(3)54-10)37(50)30-31(38(33)51)36(49)26(7)40-32(30)41(52)43(9,59-40)56-17-16-29(55-11)23(4)39(58-27(8)46)25(6)35(48)24(5)34(20)47/h12-14,16-17,19-20,22-25,29,34-35,39,47-51H,15,18H2,1-11H3,(H,45,53)/b13-12+,17-16+,21-14-,44-19+/t20-,22?,23+,24+,25+,29-,34-,35+,39+,43-/m0/s1. The monoisotopic (exact) mass is 826 g/mol. The molecule has 0 aliphatic carbocycles. The number of hydrogen-bond acceptors (Lipinski definition) is 15. The molecule has 0 saturated heterocycles. The van der Waals surface area contributed by atoms with Gasteiger partial charge in [-0.3, -0.25) is 14.4 Å². The molecular weight excluding hydrogens is 768 g/mol. The van der Waals surface area contributed by atoms with Crippen molar-refractivity contribution in [1.82, 2.24) is 0 Å². The van der Waals surface area contributed by atoms with Gasteiger partial charge in [-0.15, -0.1) is 0 Å². The number of aromatic hydroxyl groups is 3. The quantitative estimate of drug-likeness (QED) is 0.0480. The van der Waals surface area contributed by atoms with Gasteiger partial charge in [0.05, 0.1) is 59.1 Å². The normalized spacial score (nSPS) is 30.6. The summed E-state index contributed by atoms with van der Waals surface area (Å²) in [6, 6.07) is 0. The van der Waals surface area contributed by atoms with E-state index >= 15 is 0 Å². The lowest BCUT2D eigenvalue weighted by atomic mass is 9.78. The molecule has 16 nitrogen and oxygen atoms in total. The number of nitrogens with one attached hydrogen (secondary N) is 1. The van der Waals surface area contributed by atoms with Gasteiger partial charge < -0.3 is 59.4 Å². The molecular formula is C43H58N2O14. The molecule has 10 atom stereocenters. The maximum Gasteiger partial charge on any atom is 0.312 e. The zero-order valence-corrected chi connectivity index (χ0v) is 35.4. The number of ether oxygens (including phenoxy) is 5. The Morgan fingerprint density at radius 2 is 1.66 bits per heavy atom. The summed E-state index contributed by atoms with van der Waals surface area (Å²) in [6.07, 6.45) is 4.78. The average molecular weight is 827 g/mol. The van der Waals surface area contributed by atoms with Gasteiger partial charge in [0.2, 0.25) is 0 Å². The Kier molecular flexibility index (Phi) is 15.2. The van der Waals surface area contributed by atoms with E-state index in [1.54, 1.807) is 47.0 Å². The van der Waals surface area contributed by atoms with E-state index < -0.39 is 88.8 Å².